The second-order valence-electron chi connectivity index (χ2n) is 8.47. The molecule has 4 N–H and O–H groups in total. The van der Waals surface area contributed by atoms with Gasteiger partial charge in [-0.1, -0.05) is 19.8 Å². The van der Waals surface area contributed by atoms with Crippen LogP contribution in [0.4, 0.5) is 17.6 Å². The monoisotopic (exact) mass is 372 g/mol. The molecule has 0 saturated heterocycles. The van der Waals surface area contributed by atoms with E-state index < -0.39 is 30.6 Å². The summed E-state index contributed by atoms with van der Waals surface area (Å²) in [6.45, 7) is 2.25. The second-order valence-corrected chi connectivity index (χ2v) is 8.47. The van der Waals surface area contributed by atoms with Gasteiger partial charge in [0.25, 0.3) is 0 Å². The van der Waals surface area contributed by atoms with Crippen LogP contribution in [0.2, 0.25) is 0 Å². The van der Waals surface area contributed by atoms with E-state index in [1.54, 1.807) is 0 Å². The number of alkyl halides is 4. The van der Waals surface area contributed by atoms with Gasteiger partial charge < -0.3 is 11.0 Å². The molecule has 3 aliphatic rings. The first-order valence-electron chi connectivity index (χ1n) is 9.52. The van der Waals surface area contributed by atoms with Crippen LogP contribution in [0.15, 0.2) is 0 Å². The zero-order valence-electron chi connectivity index (χ0n) is 15.1. The van der Waals surface area contributed by atoms with Gasteiger partial charge in [-0.3, -0.25) is 0 Å². The van der Waals surface area contributed by atoms with E-state index in [1.807, 2.05) is 0 Å². The molecule has 5 atom stereocenters. The predicted octanol–water partition coefficient (Wildman–Crippen LogP) is 4.59. The molecule has 25 heavy (non-hydrogen) atoms. The summed E-state index contributed by atoms with van der Waals surface area (Å²) in [7, 11) is 0. The van der Waals surface area contributed by atoms with Crippen LogP contribution in [-0.2, 0) is 0 Å². The van der Waals surface area contributed by atoms with Gasteiger partial charge in [-0.15, -0.1) is 0 Å². The molecule has 6 heteroatoms. The predicted molar refractivity (Wildman–Crippen MR) is 93.6 cm³/mol. The molecule has 3 rings (SSSR count). The van der Waals surface area contributed by atoms with Crippen LogP contribution in [0.1, 0.15) is 66.1 Å². The first-order valence-corrected chi connectivity index (χ1v) is 9.52. The lowest BCUT2D eigenvalue weighted by molar-refractivity contribution is -0.0384. The van der Waals surface area contributed by atoms with E-state index in [1.165, 1.54) is 12.8 Å². The van der Waals surface area contributed by atoms with Crippen molar-refractivity contribution in [3.63, 3.8) is 0 Å². The molecular formula is C19H36F4O2. The van der Waals surface area contributed by atoms with Crippen LogP contribution in [0.25, 0.3) is 0 Å². The highest BCUT2D eigenvalue weighted by Crippen LogP contribution is 2.48. The Hall–Kier alpha value is -0.360. The van der Waals surface area contributed by atoms with Crippen molar-refractivity contribution in [1.29, 1.82) is 0 Å². The van der Waals surface area contributed by atoms with Gasteiger partial charge in [0.05, 0.1) is 0 Å². The Morgan fingerprint density at radius 2 is 1.04 bits per heavy atom. The van der Waals surface area contributed by atoms with E-state index in [9.17, 15) is 17.6 Å². The summed E-state index contributed by atoms with van der Waals surface area (Å²) in [5.74, 6) is 0.303. The van der Waals surface area contributed by atoms with Gasteiger partial charge in [-0.05, 0) is 68.6 Å². The topological polar surface area (TPSA) is 63.0 Å². The maximum atomic E-state index is 14.7. The summed E-state index contributed by atoms with van der Waals surface area (Å²) in [6.07, 6.45) is 0.577. The Kier molecular flexibility index (Phi) is 8.65. The molecule has 0 aliphatic heterocycles. The number of hydrogen-bond donors (Lipinski definition) is 0. The molecule has 0 aromatic heterocycles. The molecule has 0 bridgehead atoms. The van der Waals surface area contributed by atoms with Crippen LogP contribution in [-0.4, -0.2) is 35.6 Å². The molecule has 3 saturated carbocycles. The van der Waals surface area contributed by atoms with Gasteiger partial charge in [0.2, 0.25) is 0 Å². The van der Waals surface area contributed by atoms with Gasteiger partial charge in [0.1, 0.15) is 24.7 Å². The van der Waals surface area contributed by atoms with E-state index in [-0.39, 0.29) is 37.1 Å². The van der Waals surface area contributed by atoms with Crippen LogP contribution in [0.5, 0.6) is 0 Å². The van der Waals surface area contributed by atoms with Gasteiger partial charge in [0.15, 0.2) is 0 Å². The Bertz CT molecular complexity index is 384. The number of halogens is 4. The summed E-state index contributed by atoms with van der Waals surface area (Å²) in [6, 6.07) is 0. The fraction of sp³-hybridized carbons (Fsp3) is 1.00. The van der Waals surface area contributed by atoms with Crippen molar-refractivity contribution in [1.82, 2.24) is 0 Å². The lowest BCUT2D eigenvalue weighted by Crippen LogP contribution is -2.45. The average molecular weight is 372 g/mol. The molecule has 0 radical (unpaired) electrons. The van der Waals surface area contributed by atoms with Crippen molar-refractivity contribution >= 4 is 0 Å². The third-order valence-corrected chi connectivity index (χ3v) is 6.90. The molecule has 0 heterocycles. The summed E-state index contributed by atoms with van der Waals surface area (Å²) >= 11 is 0. The van der Waals surface area contributed by atoms with Gasteiger partial charge >= 0.3 is 0 Å². The van der Waals surface area contributed by atoms with E-state index in [0.29, 0.717) is 25.2 Å². The molecule has 3 aliphatic carbocycles. The van der Waals surface area contributed by atoms with Crippen molar-refractivity contribution in [2.24, 2.45) is 29.6 Å². The summed E-state index contributed by atoms with van der Waals surface area (Å²) in [5.41, 5.74) is 0. The van der Waals surface area contributed by atoms with E-state index in [0.717, 1.165) is 18.8 Å². The van der Waals surface area contributed by atoms with E-state index in [4.69, 9.17) is 0 Å². The van der Waals surface area contributed by atoms with Crippen molar-refractivity contribution in [2.45, 2.75) is 89.4 Å². The fourth-order valence-corrected chi connectivity index (χ4v) is 5.41. The van der Waals surface area contributed by atoms with E-state index in [2.05, 4.69) is 6.92 Å². The molecule has 2 nitrogen and oxygen atoms in total. The van der Waals surface area contributed by atoms with Crippen LogP contribution < -0.4 is 0 Å². The molecule has 152 valence electrons. The van der Waals surface area contributed by atoms with Crippen molar-refractivity contribution in [2.75, 3.05) is 0 Å². The highest BCUT2D eigenvalue weighted by atomic mass is 19.2. The van der Waals surface area contributed by atoms with Crippen molar-refractivity contribution in [3.05, 3.63) is 0 Å². The quantitative estimate of drug-likeness (QED) is 0.637. The Balaban J connectivity index is 0.00000208. The Morgan fingerprint density at radius 1 is 0.560 bits per heavy atom. The Labute approximate surface area is 149 Å². The number of rotatable bonds is 2. The Morgan fingerprint density at radius 3 is 1.56 bits per heavy atom. The minimum Gasteiger partial charge on any atom is -0.412 e. The second kappa shape index (κ2) is 9.54. The third kappa shape index (κ3) is 5.09. The summed E-state index contributed by atoms with van der Waals surface area (Å²) in [5, 5.41) is 0. The highest BCUT2D eigenvalue weighted by molar-refractivity contribution is 4.95. The minimum atomic E-state index is -1.54. The maximum Gasteiger partial charge on any atom is 0.131 e. The van der Waals surface area contributed by atoms with Gasteiger partial charge in [0, 0.05) is 7.34 Å². The molecule has 0 aromatic rings. The lowest BCUT2D eigenvalue weighted by atomic mass is 9.64. The molecule has 0 spiro atoms. The average Bonchev–Trinajstić information content (AvgIpc) is 2.51. The van der Waals surface area contributed by atoms with Crippen LogP contribution in [0, 0.1) is 29.6 Å². The largest absolute Gasteiger partial charge is 0.412 e. The zero-order valence-corrected chi connectivity index (χ0v) is 15.1. The molecule has 0 amide bonds. The summed E-state index contributed by atoms with van der Waals surface area (Å²) in [4.78, 5) is 0. The number of hydrogen-bond acceptors (Lipinski definition) is 0. The van der Waals surface area contributed by atoms with Crippen LogP contribution in [0.3, 0.4) is 0 Å². The molecular weight excluding hydrogens is 336 g/mol. The first-order chi connectivity index (χ1) is 11.0. The smallest absolute Gasteiger partial charge is 0.131 e. The van der Waals surface area contributed by atoms with Gasteiger partial charge in [-0.2, -0.15) is 0 Å². The molecule has 3 fully saturated rings. The molecule has 5 unspecified atom stereocenters. The van der Waals surface area contributed by atoms with E-state index >= 15 is 0 Å². The minimum absolute atomic E-state index is 0. The maximum absolute atomic E-state index is 14.7. The first kappa shape index (κ1) is 22.7. The van der Waals surface area contributed by atoms with Crippen molar-refractivity contribution in [3.8, 4) is 0 Å². The molecule has 0 aromatic carbocycles. The standard InChI is InChI=1S/C19H30F4.2H2O.H2/c1-11-2-4-12(5-3-11)14-9-17(22)19(18(23)10-14)13-6-7-15(20)16(21)8-13;;;/h11-19H,2-10H2,1H3;2*1H2;1H. The van der Waals surface area contributed by atoms with Gasteiger partial charge in [-0.25, -0.2) is 17.6 Å². The lowest BCUT2D eigenvalue weighted by Gasteiger charge is -2.44. The third-order valence-electron chi connectivity index (χ3n) is 6.90. The highest BCUT2D eigenvalue weighted by Gasteiger charge is 2.47. The normalized spacial score (nSPS) is 48.1. The zero-order chi connectivity index (χ0) is 16.6. The SMILES string of the molecule is CC1CCC(C2CC(F)C(C3CCC(F)C(F)C3)C(F)C2)CC1.O.O.[HH]. The van der Waals surface area contributed by atoms with Crippen LogP contribution >= 0.6 is 0 Å². The summed E-state index contributed by atoms with van der Waals surface area (Å²) < 4.78 is 56.4. The van der Waals surface area contributed by atoms with Crippen molar-refractivity contribution < 1.29 is 29.9 Å². The fourth-order valence-electron chi connectivity index (χ4n) is 5.41.